The van der Waals surface area contributed by atoms with Crippen LogP contribution < -0.4 is 10.3 Å². The summed E-state index contributed by atoms with van der Waals surface area (Å²) in [7, 11) is -2.23. The first-order valence-electron chi connectivity index (χ1n) is 10.9. The summed E-state index contributed by atoms with van der Waals surface area (Å²) >= 11 is 0. The summed E-state index contributed by atoms with van der Waals surface area (Å²) in [6, 6.07) is 20.5. The number of hydrogen-bond acceptors (Lipinski definition) is 6. The molecular weight excluding hydrogens is 512 g/mol. The molecule has 0 saturated heterocycles. The molecule has 1 atom stereocenters. The number of sulfone groups is 1. The molecule has 0 saturated carbocycles. The fraction of sp³-hybridized carbons (Fsp3) is 0.0741. The van der Waals surface area contributed by atoms with Crippen molar-refractivity contribution < 1.29 is 17.5 Å². The average Bonchev–Trinajstić information content (AvgIpc) is 2.88. The number of aromatic nitrogens is 3. The van der Waals surface area contributed by atoms with Crippen LogP contribution in [0.5, 0.6) is 5.75 Å². The standard InChI is InChI=1S/C27H20FN3O4S.H3P/c1-35-25-10-6-19(18-4-2-5-21(28)14-18)16-24(25)31-23-9-8-22(15-20(23)7-11-27(31)32)36(33,34)17-26-29-12-3-13-30-26;/h2-16H,17H2,1H3;1H3. The molecule has 0 radical (unpaired) electrons. The quantitative estimate of drug-likeness (QED) is 0.295. The van der Waals surface area contributed by atoms with E-state index in [1.807, 2.05) is 0 Å². The van der Waals surface area contributed by atoms with Gasteiger partial charge in [0.25, 0.3) is 5.56 Å². The maximum absolute atomic E-state index is 13.8. The Morgan fingerprint density at radius 2 is 1.65 bits per heavy atom. The molecule has 0 aliphatic rings. The van der Waals surface area contributed by atoms with E-state index in [0.717, 1.165) is 0 Å². The van der Waals surface area contributed by atoms with Crippen LogP contribution in [0.4, 0.5) is 4.39 Å². The van der Waals surface area contributed by atoms with E-state index in [2.05, 4.69) is 9.97 Å². The van der Waals surface area contributed by atoms with Crippen molar-refractivity contribution in [3.8, 4) is 22.6 Å². The lowest BCUT2D eigenvalue weighted by atomic mass is 10.0. The molecular formula is C27H23FN3O4PS. The summed E-state index contributed by atoms with van der Waals surface area (Å²) in [4.78, 5) is 21.1. The van der Waals surface area contributed by atoms with E-state index in [1.54, 1.807) is 48.5 Å². The molecule has 10 heteroatoms. The second-order valence-electron chi connectivity index (χ2n) is 8.05. The van der Waals surface area contributed by atoms with Gasteiger partial charge in [0.1, 0.15) is 23.1 Å². The van der Waals surface area contributed by atoms with Crippen LogP contribution in [0.25, 0.3) is 27.7 Å². The zero-order valence-electron chi connectivity index (χ0n) is 19.8. The van der Waals surface area contributed by atoms with Crippen LogP contribution >= 0.6 is 9.90 Å². The van der Waals surface area contributed by atoms with Gasteiger partial charge in [0.2, 0.25) is 0 Å². The van der Waals surface area contributed by atoms with Crippen LogP contribution in [0.3, 0.4) is 0 Å². The Hall–Kier alpha value is -3.94. The number of fused-ring (bicyclic) bond motifs is 1. The summed E-state index contributed by atoms with van der Waals surface area (Å²) in [5, 5.41) is 0.544. The van der Waals surface area contributed by atoms with Gasteiger partial charge in [-0.1, -0.05) is 18.2 Å². The smallest absolute Gasteiger partial charge is 0.255 e. The maximum Gasteiger partial charge on any atom is 0.255 e. The number of hydrogen-bond donors (Lipinski definition) is 0. The van der Waals surface area contributed by atoms with Crippen molar-refractivity contribution in [3.63, 3.8) is 0 Å². The monoisotopic (exact) mass is 535 g/mol. The van der Waals surface area contributed by atoms with Gasteiger partial charge in [0.05, 0.1) is 23.2 Å². The van der Waals surface area contributed by atoms with Gasteiger partial charge in [-0.05, 0) is 65.7 Å². The van der Waals surface area contributed by atoms with Crippen LogP contribution in [-0.2, 0) is 15.6 Å². The van der Waals surface area contributed by atoms with Crippen LogP contribution in [0.2, 0.25) is 0 Å². The van der Waals surface area contributed by atoms with Crippen molar-refractivity contribution in [2.24, 2.45) is 0 Å². The topological polar surface area (TPSA) is 91.2 Å². The summed E-state index contributed by atoms with van der Waals surface area (Å²) in [5.74, 6) is -0.0892. The maximum atomic E-state index is 13.8. The molecule has 1 unspecified atom stereocenters. The zero-order valence-corrected chi connectivity index (χ0v) is 22.1. The van der Waals surface area contributed by atoms with Gasteiger partial charge in [-0.2, -0.15) is 9.90 Å². The minimum atomic E-state index is -3.72. The highest BCUT2D eigenvalue weighted by Gasteiger charge is 2.19. The first-order valence-corrected chi connectivity index (χ1v) is 12.6. The number of nitrogens with zero attached hydrogens (tertiary/aromatic N) is 3. The summed E-state index contributed by atoms with van der Waals surface area (Å²) in [5.41, 5.74) is 1.95. The lowest BCUT2D eigenvalue weighted by Crippen LogP contribution is -2.18. The van der Waals surface area contributed by atoms with Crippen molar-refractivity contribution in [1.82, 2.24) is 14.5 Å². The third-order valence-corrected chi connectivity index (χ3v) is 7.35. The van der Waals surface area contributed by atoms with Gasteiger partial charge in [0.15, 0.2) is 9.84 Å². The Balaban J connectivity index is 0.00000320. The summed E-state index contributed by atoms with van der Waals surface area (Å²) < 4.78 is 46.8. The van der Waals surface area contributed by atoms with Crippen molar-refractivity contribution in [3.05, 3.63) is 113 Å². The van der Waals surface area contributed by atoms with Crippen molar-refractivity contribution in [2.75, 3.05) is 7.11 Å². The minimum absolute atomic E-state index is 0. The molecule has 0 aliphatic heterocycles. The summed E-state index contributed by atoms with van der Waals surface area (Å²) in [6.07, 6.45) is 2.98. The minimum Gasteiger partial charge on any atom is -0.495 e. The van der Waals surface area contributed by atoms with Gasteiger partial charge in [0, 0.05) is 23.8 Å². The SMILES string of the molecule is COc1ccc(-c2cccc(F)c2)cc1-n1c(=O)ccc2cc(S(=O)(=O)Cc3ncccn3)ccc21.P. The fourth-order valence-corrected chi connectivity index (χ4v) is 5.27. The molecule has 0 fully saturated rings. The third-order valence-electron chi connectivity index (χ3n) is 5.74. The van der Waals surface area contributed by atoms with Gasteiger partial charge >= 0.3 is 0 Å². The average molecular weight is 536 g/mol. The van der Waals surface area contributed by atoms with Gasteiger partial charge in [-0.25, -0.2) is 22.8 Å². The Bertz CT molecular complexity index is 1760. The summed E-state index contributed by atoms with van der Waals surface area (Å²) in [6.45, 7) is 0. The number of ether oxygens (including phenoxy) is 1. The van der Waals surface area contributed by atoms with E-state index in [0.29, 0.717) is 33.5 Å². The number of halogens is 1. The Morgan fingerprint density at radius 3 is 2.38 bits per heavy atom. The van der Waals surface area contributed by atoms with Crippen LogP contribution in [-0.4, -0.2) is 30.1 Å². The van der Waals surface area contributed by atoms with Gasteiger partial charge in [-0.15, -0.1) is 0 Å². The predicted molar refractivity (Wildman–Crippen MR) is 146 cm³/mol. The van der Waals surface area contributed by atoms with Gasteiger partial charge in [-0.3, -0.25) is 9.36 Å². The molecule has 0 spiro atoms. The van der Waals surface area contributed by atoms with E-state index in [4.69, 9.17) is 4.74 Å². The van der Waals surface area contributed by atoms with Crippen LogP contribution in [0.1, 0.15) is 5.82 Å². The number of benzene rings is 3. The highest BCUT2D eigenvalue weighted by Crippen LogP contribution is 2.31. The fourth-order valence-electron chi connectivity index (χ4n) is 4.04. The Kier molecular flexibility index (Phi) is 7.47. The molecule has 2 aromatic heterocycles. The predicted octanol–water partition coefficient (Wildman–Crippen LogP) is 4.63. The number of rotatable bonds is 6. The largest absolute Gasteiger partial charge is 0.495 e. The Labute approximate surface area is 216 Å². The third kappa shape index (κ3) is 5.28. The van der Waals surface area contributed by atoms with E-state index in [-0.39, 0.29) is 37.7 Å². The molecule has 5 aromatic rings. The molecule has 188 valence electrons. The molecule has 0 amide bonds. The first kappa shape index (κ1) is 26.1. The molecule has 3 aromatic carbocycles. The number of pyridine rings is 1. The molecule has 37 heavy (non-hydrogen) atoms. The van der Waals surface area contributed by atoms with E-state index >= 15 is 0 Å². The molecule has 0 aliphatic carbocycles. The van der Waals surface area contributed by atoms with Crippen LogP contribution in [0, 0.1) is 5.82 Å². The van der Waals surface area contributed by atoms with E-state index in [9.17, 15) is 17.6 Å². The number of methoxy groups -OCH3 is 1. The second kappa shape index (κ2) is 10.6. The Morgan fingerprint density at radius 1 is 0.892 bits per heavy atom. The molecule has 5 rings (SSSR count). The lowest BCUT2D eigenvalue weighted by Gasteiger charge is -2.16. The van der Waals surface area contributed by atoms with Crippen molar-refractivity contribution >= 4 is 30.6 Å². The van der Waals surface area contributed by atoms with Crippen LogP contribution in [0.15, 0.2) is 101 Å². The molecule has 0 N–H and O–H groups in total. The lowest BCUT2D eigenvalue weighted by molar-refractivity contribution is 0.413. The zero-order chi connectivity index (χ0) is 25.3. The van der Waals surface area contributed by atoms with Gasteiger partial charge < -0.3 is 4.74 Å². The molecule has 0 bridgehead atoms. The van der Waals surface area contributed by atoms with E-state index < -0.39 is 9.84 Å². The van der Waals surface area contributed by atoms with Crippen molar-refractivity contribution in [1.29, 1.82) is 0 Å². The highest BCUT2D eigenvalue weighted by molar-refractivity contribution is 7.90. The van der Waals surface area contributed by atoms with E-state index in [1.165, 1.54) is 54.4 Å². The second-order valence-corrected chi connectivity index (χ2v) is 10.0. The highest BCUT2D eigenvalue weighted by atomic mass is 32.2. The van der Waals surface area contributed by atoms with Crippen molar-refractivity contribution in [2.45, 2.75) is 10.6 Å². The normalized spacial score (nSPS) is 11.2. The first-order chi connectivity index (χ1) is 17.4. The molecule has 7 nitrogen and oxygen atoms in total. The molecule has 2 heterocycles.